The summed E-state index contributed by atoms with van der Waals surface area (Å²) in [5, 5.41) is 12.9. The Balaban J connectivity index is 2.71. The van der Waals surface area contributed by atoms with E-state index in [0.717, 1.165) is 16.3 Å². The van der Waals surface area contributed by atoms with Gasteiger partial charge in [-0.3, -0.25) is 0 Å². The Labute approximate surface area is 83.5 Å². The molecule has 0 saturated heterocycles. The molecule has 1 aromatic carbocycles. The van der Waals surface area contributed by atoms with E-state index in [1.807, 2.05) is 25.1 Å². The molecule has 0 unspecified atom stereocenters. The minimum absolute atomic E-state index is 0.349. The first-order valence-corrected chi connectivity index (χ1v) is 4.66. The zero-order chi connectivity index (χ0) is 9.84. The zero-order valence-corrected chi connectivity index (χ0v) is 8.60. The molecule has 0 fully saturated rings. The molecule has 0 aliphatic rings. The van der Waals surface area contributed by atoms with Crippen molar-refractivity contribution in [1.29, 1.82) is 0 Å². The molecule has 1 atom stereocenters. The van der Waals surface area contributed by atoms with E-state index in [1.165, 1.54) is 0 Å². The largest absolute Gasteiger partial charge is 0.392 e. The van der Waals surface area contributed by atoms with Crippen molar-refractivity contribution in [3.63, 3.8) is 0 Å². The Morgan fingerprint density at radius 3 is 2.85 bits per heavy atom. The van der Waals surface area contributed by atoms with Crippen molar-refractivity contribution in [2.45, 2.75) is 20.0 Å². The maximum absolute atomic E-state index is 9.08. The van der Waals surface area contributed by atoms with Gasteiger partial charge in [-0.05, 0) is 31.5 Å². The minimum atomic E-state index is -0.349. The van der Waals surface area contributed by atoms with Crippen molar-refractivity contribution in [3.8, 4) is 0 Å². The second-order valence-electron chi connectivity index (χ2n) is 3.14. The lowest BCUT2D eigenvalue weighted by Crippen LogP contribution is -2.15. The van der Waals surface area contributed by atoms with Gasteiger partial charge in [0, 0.05) is 17.3 Å². The van der Waals surface area contributed by atoms with Gasteiger partial charge in [-0.15, -0.1) is 0 Å². The van der Waals surface area contributed by atoms with Crippen LogP contribution in [0.3, 0.4) is 0 Å². The second kappa shape index (κ2) is 4.49. The summed E-state index contributed by atoms with van der Waals surface area (Å²) in [7, 11) is 0. The highest BCUT2D eigenvalue weighted by molar-refractivity contribution is 6.31. The van der Waals surface area contributed by atoms with Crippen molar-refractivity contribution in [1.82, 2.24) is 0 Å². The van der Waals surface area contributed by atoms with Gasteiger partial charge in [0.05, 0.1) is 6.10 Å². The highest BCUT2D eigenvalue weighted by Crippen LogP contribution is 2.22. The third-order valence-electron chi connectivity index (χ3n) is 1.86. The molecule has 0 aliphatic carbocycles. The molecule has 1 rings (SSSR count). The molecular weight excluding hydrogens is 186 g/mol. The molecule has 0 spiro atoms. The number of halogens is 1. The summed E-state index contributed by atoms with van der Waals surface area (Å²) in [6.45, 7) is 4.24. The van der Waals surface area contributed by atoms with Gasteiger partial charge in [0.2, 0.25) is 0 Å². The van der Waals surface area contributed by atoms with Crippen LogP contribution < -0.4 is 5.32 Å². The topological polar surface area (TPSA) is 32.3 Å². The zero-order valence-electron chi connectivity index (χ0n) is 7.84. The summed E-state index contributed by atoms with van der Waals surface area (Å²) in [6, 6.07) is 5.69. The number of aliphatic hydroxyl groups excluding tert-OH is 1. The van der Waals surface area contributed by atoms with E-state index in [1.54, 1.807) is 6.92 Å². The number of benzene rings is 1. The Kier molecular flexibility index (Phi) is 3.58. The van der Waals surface area contributed by atoms with Gasteiger partial charge >= 0.3 is 0 Å². The van der Waals surface area contributed by atoms with Crippen LogP contribution in [0.1, 0.15) is 12.5 Å². The van der Waals surface area contributed by atoms with Crippen molar-refractivity contribution in [3.05, 3.63) is 28.8 Å². The van der Waals surface area contributed by atoms with Gasteiger partial charge in [-0.2, -0.15) is 0 Å². The Morgan fingerprint density at radius 2 is 2.23 bits per heavy atom. The first kappa shape index (κ1) is 10.4. The first-order valence-electron chi connectivity index (χ1n) is 4.28. The Bertz CT molecular complexity index is 286. The molecule has 2 nitrogen and oxygen atoms in total. The fraction of sp³-hybridized carbons (Fsp3) is 0.400. The maximum Gasteiger partial charge on any atom is 0.0684 e. The fourth-order valence-electron chi connectivity index (χ4n) is 1.06. The summed E-state index contributed by atoms with van der Waals surface area (Å²) >= 11 is 5.93. The fourth-order valence-corrected chi connectivity index (χ4v) is 1.23. The average molecular weight is 200 g/mol. The van der Waals surface area contributed by atoms with E-state index >= 15 is 0 Å². The highest BCUT2D eigenvalue weighted by Gasteiger charge is 2.01. The molecule has 0 amide bonds. The van der Waals surface area contributed by atoms with Crippen LogP contribution in [0.25, 0.3) is 0 Å². The van der Waals surface area contributed by atoms with Crippen LogP contribution in [-0.2, 0) is 0 Å². The van der Waals surface area contributed by atoms with Crippen LogP contribution in [0.5, 0.6) is 0 Å². The highest BCUT2D eigenvalue weighted by atomic mass is 35.5. The lowest BCUT2D eigenvalue weighted by atomic mass is 10.2. The maximum atomic E-state index is 9.08. The van der Waals surface area contributed by atoms with Crippen LogP contribution in [0.15, 0.2) is 18.2 Å². The summed E-state index contributed by atoms with van der Waals surface area (Å²) < 4.78 is 0. The molecule has 0 bridgehead atoms. The van der Waals surface area contributed by atoms with Crippen LogP contribution in [0, 0.1) is 6.92 Å². The number of rotatable bonds is 3. The van der Waals surface area contributed by atoms with Gasteiger partial charge in [0.25, 0.3) is 0 Å². The quantitative estimate of drug-likeness (QED) is 0.784. The normalized spacial score (nSPS) is 12.6. The van der Waals surface area contributed by atoms with Gasteiger partial charge in [-0.25, -0.2) is 0 Å². The Hall–Kier alpha value is -0.730. The molecule has 13 heavy (non-hydrogen) atoms. The molecule has 1 aromatic rings. The molecule has 0 radical (unpaired) electrons. The second-order valence-corrected chi connectivity index (χ2v) is 3.55. The third-order valence-corrected chi connectivity index (χ3v) is 2.27. The minimum Gasteiger partial charge on any atom is -0.392 e. The molecular formula is C10H14ClNO. The third kappa shape index (κ3) is 2.90. The van der Waals surface area contributed by atoms with E-state index in [4.69, 9.17) is 16.7 Å². The molecule has 2 N–H and O–H groups in total. The molecule has 3 heteroatoms. The number of anilines is 1. The molecule has 0 aliphatic heterocycles. The molecule has 0 saturated carbocycles. The van der Waals surface area contributed by atoms with E-state index in [2.05, 4.69) is 5.32 Å². The van der Waals surface area contributed by atoms with Gasteiger partial charge < -0.3 is 10.4 Å². The SMILES string of the molecule is Cc1c(Cl)cccc1NC[C@H](C)O. The number of aliphatic hydroxyl groups is 1. The summed E-state index contributed by atoms with van der Waals surface area (Å²) in [5.41, 5.74) is 2.00. The van der Waals surface area contributed by atoms with Crippen LogP contribution >= 0.6 is 11.6 Å². The smallest absolute Gasteiger partial charge is 0.0684 e. The first-order chi connectivity index (χ1) is 6.11. The number of nitrogens with one attached hydrogen (secondary N) is 1. The molecule has 0 heterocycles. The molecule has 72 valence electrons. The van der Waals surface area contributed by atoms with Gasteiger partial charge in [0.15, 0.2) is 0 Å². The lowest BCUT2D eigenvalue weighted by Gasteiger charge is -2.11. The summed E-state index contributed by atoms with van der Waals surface area (Å²) in [5.74, 6) is 0. The van der Waals surface area contributed by atoms with Crippen LogP contribution in [-0.4, -0.2) is 17.8 Å². The summed E-state index contributed by atoms with van der Waals surface area (Å²) in [6.07, 6.45) is -0.349. The van der Waals surface area contributed by atoms with E-state index in [9.17, 15) is 0 Å². The van der Waals surface area contributed by atoms with Crippen molar-refractivity contribution in [2.24, 2.45) is 0 Å². The van der Waals surface area contributed by atoms with Gasteiger partial charge in [-0.1, -0.05) is 17.7 Å². The van der Waals surface area contributed by atoms with Gasteiger partial charge in [0.1, 0.15) is 0 Å². The Morgan fingerprint density at radius 1 is 1.54 bits per heavy atom. The standard InChI is InChI=1S/C10H14ClNO/c1-7(13)6-12-10-5-3-4-9(11)8(10)2/h3-5,7,12-13H,6H2,1-2H3/t7-/m0/s1. The predicted octanol–water partition coefficient (Wildman–Crippen LogP) is 2.44. The van der Waals surface area contributed by atoms with Crippen molar-refractivity contribution < 1.29 is 5.11 Å². The van der Waals surface area contributed by atoms with E-state index in [0.29, 0.717) is 6.54 Å². The lowest BCUT2D eigenvalue weighted by molar-refractivity contribution is 0.208. The monoisotopic (exact) mass is 199 g/mol. The average Bonchev–Trinajstić information content (AvgIpc) is 2.07. The van der Waals surface area contributed by atoms with Crippen LogP contribution in [0.4, 0.5) is 5.69 Å². The van der Waals surface area contributed by atoms with Crippen LogP contribution in [0.2, 0.25) is 5.02 Å². The van der Waals surface area contributed by atoms with Crippen molar-refractivity contribution >= 4 is 17.3 Å². The van der Waals surface area contributed by atoms with E-state index in [-0.39, 0.29) is 6.10 Å². The number of hydrogen-bond donors (Lipinski definition) is 2. The molecule has 0 aromatic heterocycles. The van der Waals surface area contributed by atoms with Crippen molar-refractivity contribution in [2.75, 3.05) is 11.9 Å². The van der Waals surface area contributed by atoms with E-state index < -0.39 is 0 Å². The number of hydrogen-bond acceptors (Lipinski definition) is 2. The summed E-state index contributed by atoms with van der Waals surface area (Å²) in [4.78, 5) is 0. The predicted molar refractivity (Wildman–Crippen MR) is 56.4 cm³/mol.